The topological polar surface area (TPSA) is 26.3 Å². The minimum atomic E-state index is -1.72. The first-order valence-corrected chi connectivity index (χ1v) is 10.5. The summed E-state index contributed by atoms with van der Waals surface area (Å²) >= 11 is 0. The summed E-state index contributed by atoms with van der Waals surface area (Å²) in [5.74, 6) is 1.03. The fourth-order valence-electron chi connectivity index (χ4n) is 3.58. The maximum absolute atomic E-state index is 12.3. The van der Waals surface area contributed by atoms with Crippen molar-refractivity contribution in [2.75, 3.05) is 6.61 Å². The van der Waals surface area contributed by atoms with E-state index in [4.69, 9.17) is 4.43 Å². The van der Waals surface area contributed by atoms with E-state index in [0.717, 1.165) is 19.4 Å². The van der Waals surface area contributed by atoms with E-state index in [2.05, 4.69) is 47.7 Å². The number of hydrogen-bond donors (Lipinski definition) is 0. The van der Waals surface area contributed by atoms with Crippen LogP contribution in [0.3, 0.4) is 0 Å². The predicted octanol–water partition coefficient (Wildman–Crippen LogP) is 4.40. The maximum atomic E-state index is 12.3. The molecule has 2 aliphatic carbocycles. The molecule has 19 heavy (non-hydrogen) atoms. The standard InChI is InChI=1S/C16H30O2Si/c1-14(2,3)19(6,7)18-11-16(5)12-8-9-15(16,4)13(17)10-12/h12H,8-11H2,1-7H3. The van der Waals surface area contributed by atoms with Gasteiger partial charge in [-0.15, -0.1) is 0 Å². The smallest absolute Gasteiger partial charge is 0.192 e. The number of Topliss-reactive ketones (excluding diaryl/α,β-unsaturated/α-hetero) is 1. The van der Waals surface area contributed by atoms with Crippen LogP contribution in [-0.2, 0) is 9.22 Å². The predicted molar refractivity (Wildman–Crippen MR) is 81.7 cm³/mol. The van der Waals surface area contributed by atoms with Crippen LogP contribution in [-0.4, -0.2) is 20.7 Å². The Morgan fingerprint density at radius 1 is 1.32 bits per heavy atom. The third kappa shape index (κ3) is 2.04. The van der Waals surface area contributed by atoms with Crippen LogP contribution in [0.15, 0.2) is 0 Å². The molecule has 0 heterocycles. The maximum Gasteiger partial charge on any atom is 0.192 e. The summed E-state index contributed by atoms with van der Waals surface area (Å²) in [5.41, 5.74) is -0.0559. The molecule has 3 unspecified atom stereocenters. The van der Waals surface area contributed by atoms with E-state index in [1.165, 1.54) is 6.42 Å². The SMILES string of the molecule is CC12CCC(CC1=O)C2(C)CO[Si](C)(C)C(C)(C)C. The van der Waals surface area contributed by atoms with Crippen LogP contribution in [0.25, 0.3) is 0 Å². The fourth-order valence-corrected chi connectivity index (χ4v) is 4.67. The van der Waals surface area contributed by atoms with E-state index in [-0.39, 0.29) is 15.9 Å². The first kappa shape index (κ1) is 15.2. The van der Waals surface area contributed by atoms with Gasteiger partial charge in [0.1, 0.15) is 5.78 Å². The number of rotatable bonds is 3. The molecule has 0 N–H and O–H groups in total. The third-order valence-electron chi connectivity index (χ3n) is 6.74. The Morgan fingerprint density at radius 3 is 2.26 bits per heavy atom. The Labute approximate surface area is 119 Å². The second kappa shape index (κ2) is 4.17. The number of hydrogen-bond acceptors (Lipinski definition) is 2. The lowest BCUT2D eigenvalue weighted by atomic mass is 9.69. The minimum Gasteiger partial charge on any atom is -0.416 e. The lowest BCUT2D eigenvalue weighted by Gasteiger charge is -2.42. The lowest BCUT2D eigenvalue weighted by molar-refractivity contribution is -0.129. The van der Waals surface area contributed by atoms with Crippen molar-refractivity contribution in [1.82, 2.24) is 0 Å². The van der Waals surface area contributed by atoms with Gasteiger partial charge in [-0.3, -0.25) is 4.79 Å². The van der Waals surface area contributed by atoms with Crippen LogP contribution in [0.5, 0.6) is 0 Å². The molecule has 0 radical (unpaired) electrons. The van der Waals surface area contributed by atoms with Gasteiger partial charge in [0, 0.05) is 23.9 Å². The van der Waals surface area contributed by atoms with E-state index >= 15 is 0 Å². The summed E-state index contributed by atoms with van der Waals surface area (Å²) in [6.07, 6.45) is 3.06. The van der Waals surface area contributed by atoms with Crippen molar-refractivity contribution in [3.63, 3.8) is 0 Å². The largest absolute Gasteiger partial charge is 0.416 e. The van der Waals surface area contributed by atoms with Gasteiger partial charge in [0.2, 0.25) is 0 Å². The molecule has 2 saturated carbocycles. The van der Waals surface area contributed by atoms with Crippen LogP contribution in [0.2, 0.25) is 18.1 Å². The molecule has 2 aliphatic rings. The van der Waals surface area contributed by atoms with Crippen molar-refractivity contribution in [3.8, 4) is 0 Å². The Kier molecular flexibility index (Phi) is 3.35. The van der Waals surface area contributed by atoms with Crippen molar-refractivity contribution in [1.29, 1.82) is 0 Å². The van der Waals surface area contributed by atoms with Gasteiger partial charge in [0.05, 0.1) is 0 Å². The van der Waals surface area contributed by atoms with Gasteiger partial charge < -0.3 is 4.43 Å². The van der Waals surface area contributed by atoms with Gasteiger partial charge in [-0.2, -0.15) is 0 Å². The summed E-state index contributed by atoms with van der Waals surface area (Å²) in [7, 11) is -1.72. The molecule has 0 amide bonds. The summed E-state index contributed by atoms with van der Waals surface area (Å²) < 4.78 is 6.46. The molecule has 0 saturated heterocycles. The number of carbonyl (C=O) groups is 1. The van der Waals surface area contributed by atoms with Crippen LogP contribution in [0.4, 0.5) is 0 Å². The van der Waals surface area contributed by atoms with E-state index in [1.807, 2.05) is 0 Å². The fraction of sp³-hybridized carbons (Fsp3) is 0.938. The van der Waals surface area contributed by atoms with Gasteiger partial charge >= 0.3 is 0 Å². The highest BCUT2D eigenvalue weighted by atomic mass is 28.4. The van der Waals surface area contributed by atoms with E-state index in [1.54, 1.807) is 0 Å². The minimum absolute atomic E-state index is 0.0691. The molecule has 2 fully saturated rings. The van der Waals surface area contributed by atoms with Gasteiger partial charge in [-0.05, 0) is 36.9 Å². The normalized spacial score (nSPS) is 39.1. The average molecular weight is 282 g/mol. The Morgan fingerprint density at radius 2 is 1.89 bits per heavy atom. The molecule has 0 aliphatic heterocycles. The Balaban J connectivity index is 2.15. The first-order chi connectivity index (χ1) is 8.44. The zero-order chi connectivity index (χ0) is 14.7. The van der Waals surface area contributed by atoms with Crippen molar-refractivity contribution >= 4 is 14.1 Å². The van der Waals surface area contributed by atoms with Gasteiger partial charge in [-0.1, -0.05) is 34.6 Å². The molecule has 0 spiro atoms. The van der Waals surface area contributed by atoms with Crippen LogP contribution in [0, 0.1) is 16.7 Å². The number of ketones is 1. The zero-order valence-corrected chi connectivity index (χ0v) is 14.7. The van der Waals surface area contributed by atoms with Crippen molar-refractivity contribution in [3.05, 3.63) is 0 Å². The van der Waals surface area contributed by atoms with E-state index < -0.39 is 8.32 Å². The molecule has 2 nitrogen and oxygen atoms in total. The number of fused-ring (bicyclic) bond motifs is 2. The molecule has 3 atom stereocenters. The highest BCUT2D eigenvalue weighted by Crippen LogP contribution is 2.64. The quantitative estimate of drug-likeness (QED) is 0.717. The van der Waals surface area contributed by atoms with E-state index in [9.17, 15) is 4.79 Å². The lowest BCUT2D eigenvalue weighted by Crippen LogP contribution is -2.46. The highest BCUT2D eigenvalue weighted by Gasteiger charge is 2.64. The molecular weight excluding hydrogens is 252 g/mol. The first-order valence-electron chi connectivity index (χ1n) is 7.61. The van der Waals surface area contributed by atoms with Crippen molar-refractivity contribution in [2.45, 2.75) is 72.0 Å². The summed E-state index contributed by atoms with van der Waals surface area (Å²) in [4.78, 5) is 12.3. The van der Waals surface area contributed by atoms with Crippen molar-refractivity contribution < 1.29 is 9.22 Å². The zero-order valence-electron chi connectivity index (χ0n) is 13.7. The summed E-state index contributed by atoms with van der Waals surface area (Å²) in [6, 6.07) is 0. The van der Waals surface area contributed by atoms with Gasteiger partial charge in [0.15, 0.2) is 8.32 Å². The average Bonchev–Trinajstić information content (AvgIpc) is 2.60. The third-order valence-corrected chi connectivity index (χ3v) is 11.2. The molecule has 3 heteroatoms. The van der Waals surface area contributed by atoms with Crippen LogP contribution in [0.1, 0.15) is 53.9 Å². The van der Waals surface area contributed by atoms with Crippen LogP contribution < -0.4 is 0 Å². The second-order valence-corrected chi connectivity index (χ2v) is 13.5. The second-order valence-electron chi connectivity index (χ2n) is 8.66. The number of carbonyl (C=O) groups excluding carboxylic acids is 1. The molecule has 0 aromatic heterocycles. The molecule has 2 rings (SSSR count). The van der Waals surface area contributed by atoms with E-state index in [0.29, 0.717) is 11.7 Å². The summed E-state index contributed by atoms with van der Waals surface area (Å²) in [5, 5.41) is 0.242. The van der Waals surface area contributed by atoms with Crippen molar-refractivity contribution in [2.24, 2.45) is 16.7 Å². The molecule has 0 aromatic rings. The molecule has 2 bridgehead atoms. The van der Waals surface area contributed by atoms with Gasteiger partial charge in [-0.25, -0.2) is 0 Å². The summed E-state index contributed by atoms with van der Waals surface area (Å²) in [6.45, 7) is 16.7. The Bertz CT molecular complexity index is 396. The Hall–Kier alpha value is -0.153. The molecule has 110 valence electrons. The van der Waals surface area contributed by atoms with Gasteiger partial charge in [0.25, 0.3) is 0 Å². The monoisotopic (exact) mass is 282 g/mol. The molecular formula is C16H30O2Si. The highest BCUT2D eigenvalue weighted by molar-refractivity contribution is 6.74. The molecule has 0 aromatic carbocycles. The van der Waals surface area contributed by atoms with Crippen LogP contribution >= 0.6 is 0 Å².